The van der Waals surface area contributed by atoms with Crippen molar-refractivity contribution >= 4 is 16.7 Å². The van der Waals surface area contributed by atoms with Gasteiger partial charge in [0, 0.05) is 17.1 Å². The van der Waals surface area contributed by atoms with Crippen molar-refractivity contribution in [3.8, 4) is 5.75 Å². The number of unbranched alkanes of at least 4 members (excludes halogenated alkanes) is 1. The Balaban J connectivity index is 1.52. The first-order valence-corrected chi connectivity index (χ1v) is 11.1. The summed E-state index contributed by atoms with van der Waals surface area (Å²) in [6.45, 7) is 3.22. The Hall–Kier alpha value is -4.00. The molecule has 0 aliphatic carbocycles. The highest BCUT2D eigenvalue weighted by Crippen LogP contribution is 2.15. The van der Waals surface area contributed by atoms with Crippen LogP contribution in [0.2, 0.25) is 0 Å². The predicted molar refractivity (Wildman–Crippen MR) is 127 cm³/mol. The standard InChI is InChI=1S/C26H26N4O3/c1-2-3-16-33-21-13-11-19(12-14-21)25(31)28-17-24-22-9-4-5-10-23(22)26(32)30(29-24)18-20-8-6-7-15-27-20/h4-15H,2-3,16-18H2,1H3,(H,28,31). The molecule has 0 radical (unpaired) electrons. The van der Waals surface area contributed by atoms with Gasteiger partial charge in [-0.25, -0.2) is 4.68 Å². The second kappa shape index (κ2) is 10.5. The summed E-state index contributed by atoms with van der Waals surface area (Å²) in [6.07, 6.45) is 3.74. The van der Waals surface area contributed by atoms with Gasteiger partial charge < -0.3 is 10.1 Å². The second-order valence-corrected chi connectivity index (χ2v) is 7.69. The zero-order valence-electron chi connectivity index (χ0n) is 18.5. The van der Waals surface area contributed by atoms with E-state index in [1.54, 1.807) is 36.5 Å². The number of ether oxygens (including phenoxy) is 1. The number of nitrogens with one attached hydrogen (secondary N) is 1. The molecular weight excluding hydrogens is 416 g/mol. The van der Waals surface area contributed by atoms with Crippen LogP contribution >= 0.6 is 0 Å². The van der Waals surface area contributed by atoms with Gasteiger partial charge in [0.1, 0.15) is 5.75 Å². The number of pyridine rings is 1. The topological polar surface area (TPSA) is 86.1 Å². The van der Waals surface area contributed by atoms with E-state index in [0.29, 0.717) is 23.3 Å². The van der Waals surface area contributed by atoms with E-state index in [4.69, 9.17) is 4.74 Å². The molecule has 0 bridgehead atoms. The minimum absolute atomic E-state index is 0.190. The third kappa shape index (κ3) is 5.44. The van der Waals surface area contributed by atoms with Crippen LogP contribution in [0.5, 0.6) is 5.75 Å². The van der Waals surface area contributed by atoms with Gasteiger partial charge >= 0.3 is 0 Å². The molecule has 0 unspecified atom stereocenters. The lowest BCUT2D eigenvalue weighted by Gasteiger charge is -2.12. The monoisotopic (exact) mass is 442 g/mol. The summed E-state index contributed by atoms with van der Waals surface area (Å²) >= 11 is 0. The molecule has 4 aromatic rings. The molecule has 4 rings (SSSR count). The van der Waals surface area contributed by atoms with Gasteiger partial charge in [-0.3, -0.25) is 14.6 Å². The lowest BCUT2D eigenvalue weighted by atomic mass is 10.1. The lowest BCUT2D eigenvalue weighted by Crippen LogP contribution is -2.29. The van der Waals surface area contributed by atoms with E-state index in [2.05, 4.69) is 22.3 Å². The van der Waals surface area contributed by atoms with E-state index in [1.165, 1.54) is 4.68 Å². The SMILES string of the molecule is CCCCOc1ccc(C(=O)NCc2nn(Cc3ccccn3)c(=O)c3ccccc23)cc1. The van der Waals surface area contributed by atoms with Gasteiger partial charge in [-0.1, -0.05) is 37.6 Å². The Bertz CT molecular complexity index is 1280. The lowest BCUT2D eigenvalue weighted by molar-refractivity contribution is 0.0950. The molecule has 1 amide bonds. The molecule has 7 heteroatoms. The summed E-state index contributed by atoms with van der Waals surface area (Å²) in [5.41, 5.74) is 1.70. The van der Waals surface area contributed by atoms with Crippen LogP contribution in [-0.2, 0) is 13.1 Å². The van der Waals surface area contributed by atoms with E-state index in [0.717, 1.165) is 29.7 Å². The Morgan fingerprint density at radius 2 is 1.76 bits per heavy atom. The molecule has 0 saturated carbocycles. The summed E-state index contributed by atoms with van der Waals surface area (Å²) in [7, 11) is 0. The van der Waals surface area contributed by atoms with E-state index in [-0.39, 0.29) is 24.6 Å². The molecule has 2 aromatic heterocycles. The molecule has 0 aliphatic heterocycles. The summed E-state index contributed by atoms with van der Waals surface area (Å²) in [4.78, 5) is 29.9. The number of carbonyl (C=O) groups is 1. The Kier molecular flexibility index (Phi) is 7.09. The first-order chi connectivity index (χ1) is 16.2. The highest BCUT2D eigenvalue weighted by Gasteiger charge is 2.13. The third-order valence-corrected chi connectivity index (χ3v) is 5.28. The van der Waals surface area contributed by atoms with Crippen molar-refractivity contribution in [1.82, 2.24) is 20.1 Å². The van der Waals surface area contributed by atoms with Gasteiger partial charge in [-0.2, -0.15) is 5.10 Å². The second-order valence-electron chi connectivity index (χ2n) is 7.69. The minimum Gasteiger partial charge on any atom is -0.494 e. The van der Waals surface area contributed by atoms with Gasteiger partial charge in [0.2, 0.25) is 0 Å². The summed E-state index contributed by atoms with van der Waals surface area (Å²) in [6, 6.07) is 19.9. The largest absolute Gasteiger partial charge is 0.494 e. The van der Waals surface area contributed by atoms with Crippen molar-refractivity contribution in [2.75, 3.05) is 6.61 Å². The maximum Gasteiger partial charge on any atom is 0.275 e. The average Bonchev–Trinajstić information content (AvgIpc) is 2.86. The average molecular weight is 443 g/mol. The fourth-order valence-corrected chi connectivity index (χ4v) is 3.49. The van der Waals surface area contributed by atoms with Gasteiger partial charge in [0.25, 0.3) is 11.5 Å². The summed E-state index contributed by atoms with van der Waals surface area (Å²) in [5.74, 6) is 0.526. The first kappa shape index (κ1) is 22.2. The van der Waals surface area contributed by atoms with Crippen molar-refractivity contribution in [3.63, 3.8) is 0 Å². The van der Waals surface area contributed by atoms with Crippen molar-refractivity contribution in [2.24, 2.45) is 0 Å². The third-order valence-electron chi connectivity index (χ3n) is 5.28. The fourth-order valence-electron chi connectivity index (χ4n) is 3.49. The van der Waals surface area contributed by atoms with Crippen molar-refractivity contribution in [1.29, 1.82) is 0 Å². The zero-order valence-corrected chi connectivity index (χ0v) is 18.5. The highest BCUT2D eigenvalue weighted by molar-refractivity contribution is 5.94. The molecule has 1 N–H and O–H groups in total. The van der Waals surface area contributed by atoms with E-state index in [1.807, 2.05) is 36.4 Å². The molecule has 7 nitrogen and oxygen atoms in total. The van der Waals surface area contributed by atoms with E-state index >= 15 is 0 Å². The molecule has 0 fully saturated rings. The molecular formula is C26H26N4O3. The van der Waals surface area contributed by atoms with Crippen molar-refractivity contribution < 1.29 is 9.53 Å². The quantitative estimate of drug-likeness (QED) is 0.397. The van der Waals surface area contributed by atoms with Crippen LogP contribution in [0.1, 0.15) is 41.5 Å². The number of nitrogens with zero attached hydrogens (tertiary/aromatic N) is 3. The van der Waals surface area contributed by atoms with Crippen LogP contribution in [-0.4, -0.2) is 27.3 Å². The number of rotatable bonds is 9. The van der Waals surface area contributed by atoms with Gasteiger partial charge in [0.05, 0.1) is 36.5 Å². The number of carbonyl (C=O) groups excluding carboxylic acids is 1. The zero-order chi connectivity index (χ0) is 23.0. The van der Waals surface area contributed by atoms with Crippen LogP contribution < -0.4 is 15.6 Å². The van der Waals surface area contributed by atoms with Crippen molar-refractivity contribution in [2.45, 2.75) is 32.9 Å². The normalized spacial score (nSPS) is 10.8. The number of hydrogen-bond acceptors (Lipinski definition) is 5. The van der Waals surface area contributed by atoms with Crippen molar-refractivity contribution in [3.05, 3.63) is 100 Å². The van der Waals surface area contributed by atoms with Gasteiger partial charge in [-0.05, 0) is 48.9 Å². The Morgan fingerprint density at radius 3 is 2.48 bits per heavy atom. The van der Waals surface area contributed by atoms with Crippen LogP contribution in [0.15, 0.2) is 77.7 Å². The Labute approximate surface area is 192 Å². The van der Waals surface area contributed by atoms with Crippen LogP contribution in [0.4, 0.5) is 0 Å². The minimum atomic E-state index is -0.219. The molecule has 2 aromatic carbocycles. The number of benzene rings is 2. The van der Waals surface area contributed by atoms with E-state index in [9.17, 15) is 9.59 Å². The summed E-state index contributed by atoms with van der Waals surface area (Å²) < 4.78 is 7.05. The number of amides is 1. The molecule has 0 aliphatic rings. The highest BCUT2D eigenvalue weighted by atomic mass is 16.5. The van der Waals surface area contributed by atoms with Crippen LogP contribution in [0.3, 0.4) is 0 Å². The van der Waals surface area contributed by atoms with Gasteiger partial charge in [-0.15, -0.1) is 0 Å². The predicted octanol–water partition coefficient (Wildman–Crippen LogP) is 3.95. The summed E-state index contributed by atoms with van der Waals surface area (Å²) in [5, 5.41) is 8.74. The number of fused-ring (bicyclic) bond motifs is 1. The van der Waals surface area contributed by atoms with Crippen LogP contribution in [0, 0.1) is 0 Å². The maximum absolute atomic E-state index is 12.9. The molecule has 0 atom stereocenters. The molecule has 2 heterocycles. The molecule has 33 heavy (non-hydrogen) atoms. The smallest absolute Gasteiger partial charge is 0.275 e. The van der Waals surface area contributed by atoms with Gasteiger partial charge in [0.15, 0.2) is 0 Å². The number of hydrogen-bond donors (Lipinski definition) is 1. The maximum atomic E-state index is 12.9. The molecule has 168 valence electrons. The number of aromatic nitrogens is 3. The fraction of sp³-hybridized carbons (Fsp3) is 0.231. The van der Waals surface area contributed by atoms with E-state index < -0.39 is 0 Å². The van der Waals surface area contributed by atoms with Crippen LogP contribution in [0.25, 0.3) is 10.8 Å². The molecule has 0 saturated heterocycles. The molecule has 0 spiro atoms. The Morgan fingerprint density at radius 1 is 1.00 bits per heavy atom. The first-order valence-electron chi connectivity index (χ1n) is 11.1.